The zero-order valence-electron chi connectivity index (χ0n) is 13.8. The number of carbonyl (C=O) groups excluding carboxylic acids is 1. The summed E-state index contributed by atoms with van der Waals surface area (Å²) in [6, 6.07) is 8.34. The Morgan fingerprint density at radius 1 is 1.27 bits per heavy atom. The summed E-state index contributed by atoms with van der Waals surface area (Å²) in [6.07, 6.45) is 1.10. The van der Waals surface area contributed by atoms with Gasteiger partial charge < -0.3 is 9.88 Å². The lowest BCUT2D eigenvalue weighted by atomic mass is 10.1. The molecule has 0 saturated heterocycles. The van der Waals surface area contributed by atoms with E-state index in [9.17, 15) is 4.79 Å². The van der Waals surface area contributed by atoms with Gasteiger partial charge in [0.1, 0.15) is 0 Å². The average molecular weight is 319 g/mol. The molecule has 0 bridgehead atoms. The van der Waals surface area contributed by atoms with Crippen LogP contribution in [0.3, 0.4) is 0 Å². The van der Waals surface area contributed by atoms with E-state index < -0.39 is 0 Å². The molecule has 2 aromatic rings. The van der Waals surface area contributed by atoms with Gasteiger partial charge in [-0.25, -0.2) is 4.98 Å². The van der Waals surface area contributed by atoms with Gasteiger partial charge >= 0.3 is 0 Å². The molecule has 120 valence electrons. The fourth-order valence-corrected chi connectivity index (χ4v) is 3.11. The van der Waals surface area contributed by atoms with Gasteiger partial charge in [0, 0.05) is 12.6 Å². The molecule has 0 unspecified atom stereocenters. The molecule has 0 atom stereocenters. The number of thioether (sulfide) groups is 1. The van der Waals surface area contributed by atoms with Gasteiger partial charge in [-0.05, 0) is 38.3 Å². The minimum absolute atomic E-state index is 0.0578. The molecular formula is C17H25N3OS. The number of hydrogen-bond acceptors (Lipinski definition) is 3. The molecule has 4 nitrogen and oxygen atoms in total. The van der Waals surface area contributed by atoms with Crippen LogP contribution in [0.15, 0.2) is 29.4 Å². The molecule has 0 spiro atoms. The van der Waals surface area contributed by atoms with E-state index in [1.54, 1.807) is 0 Å². The van der Waals surface area contributed by atoms with Crippen molar-refractivity contribution in [1.82, 2.24) is 14.9 Å². The lowest BCUT2D eigenvalue weighted by molar-refractivity contribution is -0.119. The third kappa shape index (κ3) is 4.50. The fraction of sp³-hybridized carbons (Fsp3) is 0.529. The molecule has 0 fully saturated rings. The standard InChI is InChI=1S/C17H25N3OS/c1-12(2)9-10-20-15-8-6-5-7-14(15)19-17(20)22-11-16(21)18-13(3)4/h5-8,12-13H,9-11H2,1-4H3,(H,18,21). The zero-order valence-corrected chi connectivity index (χ0v) is 14.6. The van der Waals surface area contributed by atoms with Crippen molar-refractivity contribution in [3.63, 3.8) is 0 Å². The predicted molar refractivity (Wildman–Crippen MR) is 93.2 cm³/mol. The number of nitrogens with one attached hydrogen (secondary N) is 1. The molecule has 1 heterocycles. The van der Waals surface area contributed by atoms with E-state index in [0.29, 0.717) is 11.7 Å². The summed E-state index contributed by atoms with van der Waals surface area (Å²) in [5.41, 5.74) is 2.15. The molecule has 5 heteroatoms. The van der Waals surface area contributed by atoms with Crippen LogP contribution in [0.25, 0.3) is 11.0 Å². The number of para-hydroxylation sites is 2. The number of amides is 1. The number of aromatic nitrogens is 2. The topological polar surface area (TPSA) is 46.9 Å². The van der Waals surface area contributed by atoms with Gasteiger partial charge in [0.15, 0.2) is 5.16 Å². The van der Waals surface area contributed by atoms with Crippen molar-refractivity contribution in [2.75, 3.05) is 5.75 Å². The molecule has 0 aliphatic rings. The Balaban J connectivity index is 2.16. The molecule has 1 N–H and O–H groups in total. The summed E-state index contributed by atoms with van der Waals surface area (Å²) in [4.78, 5) is 16.5. The number of benzene rings is 1. The highest BCUT2D eigenvalue weighted by Crippen LogP contribution is 2.25. The number of hydrogen-bond donors (Lipinski definition) is 1. The van der Waals surface area contributed by atoms with Crippen LogP contribution in [0, 0.1) is 5.92 Å². The molecule has 1 aromatic heterocycles. The second kappa shape index (κ2) is 7.68. The molecule has 0 radical (unpaired) electrons. The quantitative estimate of drug-likeness (QED) is 0.792. The van der Waals surface area contributed by atoms with Gasteiger partial charge in [-0.1, -0.05) is 37.7 Å². The second-order valence-corrected chi connectivity index (χ2v) is 7.17. The number of imidazole rings is 1. The van der Waals surface area contributed by atoms with E-state index in [1.807, 2.05) is 32.0 Å². The molecule has 22 heavy (non-hydrogen) atoms. The molecule has 1 aromatic carbocycles. The van der Waals surface area contributed by atoms with Gasteiger partial charge in [0.05, 0.1) is 16.8 Å². The van der Waals surface area contributed by atoms with Crippen LogP contribution in [0.5, 0.6) is 0 Å². The minimum atomic E-state index is 0.0578. The summed E-state index contributed by atoms with van der Waals surface area (Å²) in [6.45, 7) is 9.33. The van der Waals surface area contributed by atoms with Gasteiger partial charge in [-0.2, -0.15) is 0 Å². The Labute approximate surface area is 136 Å². The Bertz CT molecular complexity index is 634. The molecule has 2 rings (SSSR count). The smallest absolute Gasteiger partial charge is 0.230 e. The van der Waals surface area contributed by atoms with Gasteiger partial charge in [0.2, 0.25) is 5.91 Å². The maximum Gasteiger partial charge on any atom is 0.230 e. The Morgan fingerprint density at radius 3 is 2.68 bits per heavy atom. The van der Waals surface area contributed by atoms with E-state index in [4.69, 9.17) is 0 Å². The number of aryl methyl sites for hydroxylation is 1. The first-order chi connectivity index (χ1) is 10.5. The molecular weight excluding hydrogens is 294 g/mol. The third-order valence-electron chi connectivity index (χ3n) is 3.33. The van der Waals surface area contributed by atoms with Crippen molar-refractivity contribution in [3.8, 4) is 0 Å². The molecule has 0 aliphatic carbocycles. The van der Waals surface area contributed by atoms with Gasteiger partial charge in [0.25, 0.3) is 0 Å². The maximum absolute atomic E-state index is 11.9. The lowest BCUT2D eigenvalue weighted by Crippen LogP contribution is -2.31. The van der Waals surface area contributed by atoms with E-state index >= 15 is 0 Å². The van der Waals surface area contributed by atoms with Crippen molar-refractivity contribution in [2.24, 2.45) is 5.92 Å². The van der Waals surface area contributed by atoms with Crippen LogP contribution < -0.4 is 5.32 Å². The van der Waals surface area contributed by atoms with Gasteiger partial charge in [-0.3, -0.25) is 4.79 Å². The SMILES string of the molecule is CC(C)CCn1c(SCC(=O)NC(C)C)nc2ccccc21. The number of rotatable bonds is 7. The van der Waals surface area contributed by atoms with Gasteiger partial charge in [-0.15, -0.1) is 0 Å². The Hall–Kier alpha value is -1.49. The van der Waals surface area contributed by atoms with Crippen molar-refractivity contribution in [2.45, 2.75) is 51.9 Å². The largest absolute Gasteiger partial charge is 0.353 e. The maximum atomic E-state index is 11.9. The van der Waals surface area contributed by atoms with Crippen LogP contribution in [0.2, 0.25) is 0 Å². The van der Waals surface area contributed by atoms with Crippen molar-refractivity contribution < 1.29 is 4.79 Å². The lowest BCUT2D eigenvalue weighted by Gasteiger charge is -2.11. The summed E-state index contributed by atoms with van der Waals surface area (Å²) >= 11 is 1.51. The van der Waals surface area contributed by atoms with Crippen LogP contribution in [0.1, 0.15) is 34.1 Å². The highest BCUT2D eigenvalue weighted by atomic mass is 32.2. The average Bonchev–Trinajstić information content (AvgIpc) is 2.80. The first-order valence-corrected chi connectivity index (χ1v) is 8.83. The van der Waals surface area contributed by atoms with Crippen LogP contribution in [0.4, 0.5) is 0 Å². The van der Waals surface area contributed by atoms with E-state index in [0.717, 1.165) is 29.2 Å². The predicted octanol–water partition coefficient (Wildman–Crippen LogP) is 3.70. The minimum Gasteiger partial charge on any atom is -0.353 e. The van der Waals surface area contributed by atoms with Crippen LogP contribution >= 0.6 is 11.8 Å². The van der Waals surface area contributed by atoms with E-state index in [1.165, 1.54) is 11.8 Å². The van der Waals surface area contributed by atoms with E-state index in [-0.39, 0.29) is 11.9 Å². The highest BCUT2D eigenvalue weighted by Gasteiger charge is 2.13. The van der Waals surface area contributed by atoms with Crippen molar-refractivity contribution in [3.05, 3.63) is 24.3 Å². The molecule has 0 aliphatic heterocycles. The molecule has 1 amide bonds. The first-order valence-electron chi connectivity index (χ1n) is 7.84. The number of carbonyl (C=O) groups is 1. The van der Waals surface area contributed by atoms with Crippen LogP contribution in [-0.4, -0.2) is 27.3 Å². The second-order valence-electron chi connectivity index (χ2n) is 6.23. The fourth-order valence-electron chi connectivity index (χ4n) is 2.26. The van der Waals surface area contributed by atoms with E-state index in [2.05, 4.69) is 34.8 Å². The Morgan fingerprint density at radius 2 is 2.00 bits per heavy atom. The molecule has 0 saturated carbocycles. The van der Waals surface area contributed by atoms with Crippen LogP contribution in [-0.2, 0) is 11.3 Å². The highest BCUT2D eigenvalue weighted by molar-refractivity contribution is 7.99. The monoisotopic (exact) mass is 319 g/mol. The normalized spacial score (nSPS) is 11.5. The number of fused-ring (bicyclic) bond motifs is 1. The van der Waals surface area contributed by atoms with Crippen molar-refractivity contribution >= 4 is 28.7 Å². The summed E-state index contributed by atoms with van der Waals surface area (Å²) in [5.74, 6) is 1.11. The van der Waals surface area contributed by atoms with Crippen molar-refractivity contribution in [1.29, 1.82) is 0 Å². The Kier molecular flexibility index (Phi) is 5.89. The first kappa shape index (κ1) is 16.9. The summed E-state index contributed by atoms with van der Waals surface area (Å²) in [5, 5.41) is 3.85. The summed E-state index contributed by atoms with van der Waals surface area (Å²) < 4.78 is 2.24. The summed E-state index contributed by atoms with van der Waals surface area (Å²) in [7, 11) is 0. The zero-order chi connectivity index (χ0) is 16.1. The number of nitrogens with zero attached hydrogens (tertiary/aromatic N) is 2. The third-order valence-corrected chi connectivity index (χ3v) is 4.31.